The van der Waals surface area contributed by atoms with Gasteiger partial charge in [0.15, 0.2) is 5.78 Å². The van der Waals surface area contributed by atoms with Crippen molar-refractivity contribution in [2.24, 2.45) is 0 Å². The van der Waals surface area contributed by atoms with E-state index in [-0.39, 0.29) is 39.3 Å². The number of hydrogen-bond donors (Lipinski definition) is 0. The molecule has 0 aliphatic carbocycles. The van der Waals surface area contributed by atoms with E-state index in [1.54, 1.807) is 30.3 Å². The number of nitro benzene ring substituents is 1. The summed E-state index contributed by atoms with van der Waals surface area (Å²) in [5.74, 6) is -0.244. The first-order valence-electron chi connectivity index (χ1n) is 8.39. The van der Waals surface area contributed by atoms with E-state index in [1.165, 1.54) is 43.3 Å². The minimum absolute atomic E-state index is 0.0579. The molecule has 7 nitrogen and oxygen atoms in total. The summed E-state index contributed by atoms with van der Waals surface area (Å²) >= 11 is 6.03. The molecular weight excluding hydrogens is 398 g/mol. The quantitative estimate of drug-likeness (QED) is 0.175. The Kier molecular flexibility index (Phi) is 5.90. The fourth-order valence-electron chi connectivity index (χ4n) is 2.50. The second-order valence-corrected chi connectivity index (χ2v) is 6.35. The number of esters is 1. The van der Waals surface area contributed by atoms with Gasteiger partial charge in [-0.3, -0.25) is 14.9 Å². The molecule has 0 unspecified atom stereocenters. The number of carbonyl (C=O) groups is 2. The number of ether oxygens (including phenoxy) is 2. The maximum Gasteiger partial charge on any atom is 0.343 e. The molecule has 0 saturated carbocycles. The molecular formula is C21H14ClNO6. The van der Waals surface area contributed by atoms with E-state index in [9.17, 15) is 19.7 Å². The fraction of sp³-hybridized carbons (Fsp3) is 0.0476. The van der Waals surface area contributed by atoms with Crippen LogP contribution in [-0.2, 0) is 0 Å². The molecule has 3 aromatic rings. The molecule has 29 heavy (non-hydrogen) atoms. The van der Waals surface area contributed by atoms with Gasteiger partial charge in [-0.25, -0.2) is 4.79 Å². The van der Waals surface area contributed by atoms with Gasteiger partial charge in [0.2, 0.25) is 0 Å². The predicted octanol–water partition coefficient (Wildman–Crippen LogP) is 5.46. The Morgan fingerprint density at radius 3 is 2.41 bits per heavy atom. The molecule has 0 aromatic heterocycles. The summed E-state index contributed by atoms with van der Waals surface area (Å²) in [6.07, 6.45) is 0. The lowest BCUT2D eigenvalue weighted by Crippen LogP contribution is -2.11. The van der Waals surface area contributed by atoms with Crippen molar-refractivity contribution in [3.05, 3.63) is 93.0 Å². The third-order valence-corrected chi connectivity index (χ3v) is 4.19. The second-order valence-electron chi connectivity index (χ2n) is 5.94. The van der Waals surface area contributed by atoms with Crippen LogP contribution in [0.2, 0.25) is 5.02 Å². The van der Waals surface area contributed by atoms with E-state index in [4.69, 9.17) is 21.1 Å². The summed E-state index contributed by atoms with van der Waals surface area (Å²) in [5, 5.41) is 10.8. The van der Waals surface area contributed by atoms with Gasteiger partial charge in [0, 0.05) is 12.1 Å². The first-order valence-corrected chi connectivity index (χ1v) is 8.77. The molecule has 0 fully saturated rings. The average Bonchev–Trinajstić information content (AvgIpc) is 2.70. The Hall–Kier alpha value is -3.71. The van der Waals surface area contributed by atoms with Crippen molar-refractivity contribution in [1.82, 2.24) is 0 Å². The zero-order valence-corrected chi connectivity index (χ0v) is 15.9. The topological polar surface area (TPSA) is 95.7 Å². The van der Waals surface area contributed by atoms with Crippen LogP contribution < -0.4 is 9.47 Å². The molecule has 3 aromatic carbocycles. The van der Waals surface area contributed by atoms with Gasteiger partial charge in [-0.05, 0) is 43.3 Å². The van der Waals surface area contributed by atoms with Gasteiger partial charge in [-0.2, -0.15) is 0 Å². The lowest BCUT2D eigenvalue weighted by Gasteiger charge is -2.10. The molecule has 0 heterocycles. The Labute approximate surface area is 170 Å². The minimum Gasteiger partial charge on any atom is -0.456 e. The SMILES string of the molecule is CC(=O)c1ccccc1OC(=O)c1cccc(Oc2ccc([N+](=O)[O-])cc2Cl)c1. The zero-order chi connectivity index (χ0) is 21.0. The van der Waals surface area contributed by atoms with Crippen LogP contribution in [0.1, 0.15) is 27.6 Å². The van der Waals surface area contributed by atoms with E-state index in [0.29, 0.717) is 5.56 Å². The van der Waals surface area contributed by atoms with Crippen LogP contribution in [0.15, 0.2) is 66.7 Å². The lowest BCUT2D eigenvalue weighted by molar-refractivity contribution is -0.384. The van der Waals surface area contributed by atoms with Gasteiger partial charge in [0.05, 0.1) is 21.1 Å². The third-order valence-electron chi connectivity index (χ3n) is 3.89. The third kappa shape index (κ3) is 4.77. The van der Waals surface area contributed by atoms with Crippen molar-refractivity contribution in [3.63, 3.8) is 0 Å². The zero-order valence-electron chi connectivity index (χ0n) is 15.1. The molecule has 146 valence electrons. The van der Waals surface area contributed by atoms with Crippen LogP contribution in [0.3, 0.4) is 0 Å². The van der Waals surface area contributed by atoms with Crippen LogP contribution in [0, 0.1) is 10.1 Å². The number of para-hydroxylation sites is 1. The van der Waals surface area contributed by atoms with Gasteiger partial charge in [0.1, 0.15) is 17.2 Å². The number of benzene rings is 3. The first kappa shape index (κ1) is 20.0. The smallest absolute Gasteiger partial charge is 0.343 e. The molecule has 0 saturated heterocycles. The highest BCUT2D eigenvalue weighted by Gasteiger charge is 2.15. The van der Waals surface area contributed by atoms with Crippen molar-refractivity contribution in [1.29, 1.82) is 0 Å². The van der Waals surface area contributed by atoms with Crippen molar-refractivity contribution in [2.45, 2.75) is 6.92 Å². The summed E-state index contributed by atoms with van der Waals surface area (Å²) in [7, 11) is 0. The van der Waals surface area contributed by atoms with Crippen LogP contribution in [-0.4, -0.2) is 16.7 Å². The van der Waals surface area contributed by atoms with Gasteiger partial charge in [0.25, 0.3) is 5.69 Å². The lowest BCUT2D eigenvalue weighted by atomic mass is 10.1. The number of ketones is 1. The average molecular weight is 412 g/mol. The monoisotopic (exact) mass is 411 g/mol. The molecule has 0 amide bonds. The van der Waals surface area contributed by atoms with E-state index in [2.05, 4.69) is 0 Å². The summed E-state index contributed by atoms with van der Waals surface area (Å²) < 4.78 is 11.0. The molecule has 0 spiro atoms. The number of nitrogens with zero attached hydrogens (tertiary/aromatic N) is 1. The Bertz CT molecular complexity index is 1110. The standard InChI is InChI=1S/C21H14ClNO6/c1-13(24)17-7-2-3-8-19(17)29-21(25)14-5-4-6-16(11-14)28-20-10-9-15(23(26)27)12-18(20)22/h2-12H,1H3. The number of rotatable bonds is 6. The highest BCUT2D eigenvalue weighted by molar-refractivity contribution is 6.32. The van der Waals surface area contributed by atoms with Gasteiger partial charge >= 0.3 is 5.97 Å². The number of hydrogen-bond acceptors (Lipinski definition) is 6. The highest BCUT2D eigenvalue weighted by atomic mass is 35.5. The van der Waals surface area contributed by atoms with Crippen molar-refractivity contribution in [3.8, 4) is 17.2 Å². The van der Waals surface area contributed by atoms with Crippen LogP contribution in [0.25, 0.3) is 0 Å². The van der Waals surface area contributed by atoms with E-state index >= 15 is 0 Å². The van der Waals surface area contributed by atoms with E-state index in [0.717, 1.165) is 0 Å². The number of non-ortho nitro benzene ring substituents is 1. The number of halogens is 1. The second kappa shape index (κ2) is 8.53. The van der Waals surface area contributed by atoms with Gasteiger partial charge in [-0.15, -0.1) is 0 Å². The van der Waals surface area contributed by atoms with Crippen LogP contribution in [0.5, 0.6) is 17.2 Å². The normalized spacial score (nSPS) is 10.3. The largest absolute Gasteiger partial charge is 0.456 e. The maximum atomic E-state index is 12.5. The predicted molar refractivity (Wildman–Crippen MR) is 106 cm³/mol. The Morgan fingerprint density at radius 2 is 1.72 bits per heavy atom. The van der Waals surface area contributed by atoms with E-state index in [1.807, 2.05) is 0 Å². The van der Waals surface area contributed by atoms with Crippen LogP contribution in [0.4, 0.5) is 5.69 Å². The van der Waals surface area contributed by atoms with Gasteiger partial charge in [-0.1, -0.05) is 29.8 Å². The maximum absolute atomic E-state index is 12.5. The van der Waals surface area contributed by atoms with Crippen molar-refractivity contribution < 1.29 is 24.0 Å². The fourth-order valence-corrected chi connectivity index (χ4v) is 2.72. The Morgan fingerprint density at radius 1 is 0.966 bits per heavy atom. The first-order chi connectivity index (χ1) is 13.8. The van der Waals surface area contributed by atoms with Crippen molar-refractivity contribution >= 4 is 29.0 Å². The van der Waals surface area contributed by atoms with E-state index < -0.39 is 10.9 Å². The molecule has 0 aliphatic rings. The highest BCUT2D eigenvalue weighted by Crippen LogP contribution is 2.32. The summed E-state index contributed by atoms with van der Waals surface area (Å²) in [5.41, 5.74) is 0.327. The molecule has 0 radical (unpaired) electrons. The number of carbonyl (C=O) groups excluding carboxylic acids is 2. The molecule has 0 bridgehead atoms. The summed E-state index contributed by atoms with van der Waals surface area (Å²) in [6.45, 7) is 1.38. The number of nitro groups is 1. The molecule has 0 N–H and O–H groups in total. The summed E-state index contributed by atoms with van der Waals surface area (Å²) in [6, 6.07) is 16.4. The molecule has 0 aliphatic heterocycles. The molecule has 3 rings (SSSR count). The summed E-state index contributed by atoms with van der Waals surface area (Å²) in [4.78, 5) is 34.4. The Balaban J connectivity index is 1.80. The molecule has 8 heteroatoms. The number of Topliss-reactive ketones (excluding diaryl/α,β-unsaturated/α-hetero) is 1. The minimum atomic E-state index is -0.668. The van der Waals surface area contributed by atoms with Crippen LogP contribution >= 0.6 is 11.6 Å². The van der Waals surface area contributed by atoms with Crippen molar-refractivity contribution in [2.75, 3.05) is 0 Å². The van der Waals surface area contributed by atoms with Gasteiger partial charge < -0.3 is 9.47 Å². The molecule has 0 atom stereocenters.